The molecule has 0 aliphatic carbocycles. The van der Waals surface area contributed by atoms with Crippen LogP contribution in [0.4, 0.5) is 51.2 Å². The molecule has 11 aromatic carbocycles. The van der Waals surface area contributed by atoms with Crippen LogP contribution in [0.1, 0.15) is 0 Å². The summed E-state index contributed by atoms with van der Waals surface area (Å²) in [6.45, 7) is 0. The maximum absolute atomic E-state index is 2.42. The molecule has 0 aliphatic rings. The summed E-state index contributed by atoms with van der Waals surface area (Å²) < 4.78 is 5.11. The molecule has 0 spiro atoms. The molecule has 67 heavy (non-hydrogen) atoms. The molecule has 0 amide bonds. The minimum atomic E-state index is 1.09. The molecule has 0 bridgehead atoms. The number of nitrogens with zero attached hydrogens (tertiary/aromatic N) is 3. The summed E-state index contributed by atoms with van der Waals surface area (Å²) in [6, 6.07) is 90.7. The normalized spacial score (nSPS) is 11.6. The van der Waals surface area contributed by atoms with Gasteiger partial charge in [-0.15, -0.1) is 22.7 Å². The standard InChI is InChI=1S/C62H41N3S2/c1-3-17-46(18-4-1)63(50-25-23-42-13-7-9-15-44(42)37-50)48-27-29-49(30-28-48)65(52-32-35-60-57(39-52)55-21-11-12-22-59(55)66-60)53-33-36-61-58(40-53)56-34-31-54(41-62(56)67-61)64(47-19-5-2-6-20-47)51-26-24-43-14-8-10-16-45(43)38-51/h1-41H. The molecular formula is C62H41N3S2. The second-order valence-corrected chi connectivity index (χ2v) is 19.2. The molecule has 2 aromatic heterocycles. The fraction of sp³-hybridized carbons (Fsp3) is 0. The lowest BCUT2D eigenvalue weighted by molar-refractivity contribution is 1.26. The number of hydrogen-bond acceptors (Lipinski definition) is 5. The fourth-order valence-corrected chi connectivity index (χ4v) is 12.0. The van der Waals surface area contributed by atoms with E-state index in [9.17, 15) is 0 Å². The zero-order chi connectivity index (χ0) is 44.3. The summed E-state index contributed by atoms with van der Waals surface area (Å²) >= 11 is 3.71. The monoisotopic (exact) mass is 891 g/mol. The highest BCUT2D eigenvalue weighted by atomic mass is 32.1. The summed E-state index contributed by atoms with van der Waals surface area (Å²) in [6.07, 6.45) is 0. The summed E-state index contributed by atoms with van der Waals surface area (Å²) in [5.41, 5.74) is 10.0. The van der Waals surface area contributed by atoms with E-state index in [1.807, 2.05) is 22.7 Å². The van der Waals surface area contributed by atoms with Gasteiger partial charge in [-0.3, -0.25) is 0 Å². The van der Waals surface area contributed by atoms with Crippen LogP contribution in [0.3, 0.4) is 0 Å². The van der Waals surface area contributed by atoms with Crippen LogP contribution in [0, 0.1) is 0 Å². The van der Waals surface area contributed by atoms with Crippen molar-refractivity contribution < 1.29 is 0 Å². The smallest absolute Gasteiger partial charge is 0.0476 e. The third-order valence-electron chi connectivity index (χ3n) is 13.0. The van der Waals surface area contributed by atoms with Crippen LogP contribution in [0.5, 0.6) is 0 Å². The number of anilines is 9. The minimum absolute atomic E-state index is 1.09. The van der Waals surface area contributed by atoms with E-state index < -0.39 is 0 Å². The Kier molecular flexibility index (Phi) is 9.55. The van der Waals surface area contributed by atoms with Crippen molar-refractivity contribution in [3.63, 3.8) is 0 Å². The van der Waals surface area contributed by atoms with E-state index in [1.54, 1.807) is 0 Å². The van der Waals surface area contributed by atoms with Gasteiger partial charge in [-0.25, -0.2) is 0 Å². The van der Waals surface area contributed by atoms with Crippen molar-refractivity contribution >= 4 is 136 Å². The van der Waals surface area contributed by atoms with Gasteiger partial charge < -0.3 is 14.7 Å². The molecular weight excluding hydrogens is 851 g/mol. The van der Waals surface area contributed by atoms with Crippen molar-refractivity contribution in [1.29, 1.82) is 0 Å². The van der Waals surface area contributed by atoms with Gasteiger partial charge >= 0.3 is 0 Å². The van der Waals surface area contributed by atoms with Gasteiger partial charge in [0.25, 0.3) is 0 Å². The quantitative estimate of drug-likeness (QED) is 0.143. The Morgan fingerprint density at radius 3 is 1.09 bits per heavy atom. The maximum atomic E-state index is 2.42. The van der Waals surface area contributed by atoms with Gasteiger partial charge in [-0.2, -0.15) is 0 Å². The highest BCUT2D eigenvalue weighted by Gasteiger charge is 2.20. The molecule has 0 saturated heterocycles. The third kappa shape index (κ3) is 7.04. The number of benzene rings is 11. The van der Waals surface area contributed by atoms with Crippen LogP contribution in [-0.2, 0) is 0 Å². The van der Waals surface area contributed by atoms with Gasteiger partial charge in [0.1, 0.15) is 0 Å². The molecule has 13 aromatic rings. The summed E-state index contributed by atoms with van der Waals surface area (Å²) in [7, 11) is 0. The third-order valence-corrected chi connectivity index (χ3v) is 15.2. The molecule has 5 heteroatoms. The van der Waals surface area contributed by atoms with Crippen LogP contribution in [0.25, 0.3) is 61.9 Å². The Bertz CT molecular complexity index is 3950. The van der Waals surface area contributed by atoms with E-state index in [1.165, 1.54) is 61.9 Å². The van der Waals surface area contributed by atoms with Gasteiger partial charge in [-0.1, -0.05) is 121 Å². The Morgan fingerprint density at radius 2 is 0.537 bits per heavy atom. The van der Waals surface area contributed by atoms with Crippen molar-refractivity contribution in [3.8, 4) is 0 Å². The molecule has 0 fully saturated rings. The molecule has 0 aliphatic heterocycles. The molecule has 0 saturated carbocycles. The Labute approximate surface area is 396 Å². The number of hydrogen-bond donors (Lipinski definition) is 0. The maximum Gasteiger partial charge on any atom is 0.0476 e. The molecule has 3 nitrogen and oxygen atoms in total. The van der Waals surface area contributed by atoms with E-state index in [0.29, 0.717) is 0 Å². The van der Waals surface area contributed by atoms with Gasteiger partial charge in [0.05, 0.1) is 0 Å². The van der Waals surface area contributed by atoms with Crippen molar-refractivity contribution in [2.45, 2.75) is 0 Å². The van der Waals surface area contributed by atoms with Gasteiger partial charge in [0, 0.05) is 91.5 Å². The second-order valence-electron chi connectivity index (χ2n) is 17.0. The first kappa shape index (κ1) is 39.2. The Morgan fingerprint density at radius 1 is 0.194 bits per heavy atom. The number of thiophene rings is 2. The molecule has 13 rings (SSSR count). The lowest BCUT2D eigenvalue weighted by atomic mass is 10.1. The molecule has 2 heterocycles. The molecule has 0 N–H and O–H groups in total. The van der Waals surface area contributed by atoms with E-state index in [2.05, 4.69) is 263 Å². The van der Waals surface area contributed by atoms with Crippen LogP contribution in [-0.4, -0.2) is 0 Å². The van der Waals surface area contributed by atoms with Crippen LogP contribution < -0.4 is 14.7 Å². The molecule has 0 atom stereocenters. The summed E-state index contributed by atoms with van der Waals surface area (Å²) in [5.74, 6) is 0. The molecule has 0 unspecified atom stereocenters. The number of rotatable bonds is 9. The first-order valence-electron chi connectivity index (χ1n) is 22.6. The van der Waals surface area contributed by atoms with Crippen LogP contribution in [0.15, 0.2) is 249 Å². The average Bonchev–Trinajstić information content (AvgIpc) is 3.95. The van der Waals surface area contributed by atoms with Gasteiger partial charge in [0.15, 0.2) is 0 Å². The first-order valence-corrected chi connectivity index (χ1v) is 24.3. The van der Waals surface area contributed by atoms with Crippen molar-refractivity contribution in [1.82, 2.24) is 0 Å². The van der Waals surface area contributed by atoms with Crippen LogP contribution >= 0.6 is 22.7 Å². The highest BCUT2D eigenvalue weighted by molar-refractivity contribution is 7.26. The van der Waals surface area contributed by atoms with Crippen molar-refractivity contribution in [3.05, 3.63) is 249 Å². The predicted octanol–water partition coefficient (Wildman–Crippen LogP) is 19.1. The predicted molar refractivity (Wildman–Crippen MR) is 291 cm³/mol. The summed E-state index contributed by atoms with van der Waals surface area (Å²) in [4.78, 5) is 7.14. The SMILES string of the molecule is c1ccc(N(c2ccc(N(c3ccc4sc5ccccc5c4c3)c3ccc4sc5cc(N(c6ccccc6)c6ccc7ccccc7c6)ccc5c4c3)cc2)c2ccc3ccccc3c2)cc1. The lowest BCUT2D eigenvalue weighted by Gasteiger charge is -2.28. The number of fused-ring (bicyclic) bond motifs is 8. The zero-order valence-electron chi connectivity index (χ0n) is 36.3. The largest absolute Gasteiger partial charge is 0.310 e. The Balaban J connectivity index is 0.937. The fourth-order valence-electron chi connectivity index (χ4n) is 9.76. The molecule has 0 radical (unpaired) electrons. The van der Waals surface area contributed by atoms with Crippen molar-refractivity contribution in [2.24, 2.45) is 0 Å². The lowest BCUT2D eigenvalue weighted by Crippen LogP contribution is -2.12. The molecule has 316 valence electrons. The van der Waals surface area contributed by atoms with Crippen LogP contribution in [0.2, 0.25) is 0 Å². The van der Waals surface area contributed by atoms with E-state index in [4.69, 9.17) is 0 Å². The minimum Gasteiger partial charge on any atom is -0.310 e. The van der Waals surface area contributed by atoms with E-state index in [0.717, 1.165) is 51.2 Å². The topological polar surface area (TPSA) is 9.72 Å². The summed E-state index contributed by atoms with van der Waals surface area (Å²) in [5, 5.41) is 9.96. The first-order chi connectivity index (χ1) is 33.2. The average molecular weight is 892 g/mol. The number of para-hydroxylation sites is 2. The zero-order valence-corrected chi connectivity index (χ0v) is 38.0. The Hall–Kier alpha value is -8.22. The van der Waals surface area contributed by atoms with Gasteiger partial charge in [-0.05, 0) is 149 Å². The van der Waals surface area contributed by atoms with Gasteiger partial charge in [0.2, 0.25) is 0 Å². The highest BCUT2D eigenvalue weighted by Crippen LogP contribution is 2.46. The van der Waals surface area contributed by atoms with E-state index >= 15 is 0 Å². The van der Waals surface area contributed by atoms with Crippen molar-refractivity contribution in [2.75, 3.05) is 14.7 Å². The second kappa shape index (κ2) is 16.3. The van der Waals surface area contributed by atoms with E-state index in [-0.39, 0.29) is 0 Å².